The van der Waals surface area contributed by atoms with Gasteiger partial charge in [-0.3, -0.25) is 0 Å². The summed E-state index contributed by atoms with van der Waals surface area (Å²) in [5.74, 6) is 0. The lowest BCUT2D eigenvalue weighted by molar-refractivity contribution is 0.567. The van der Waals surface area contributed by atoms with Crippen molar-refractivity contribution in [1.29, 1.82) is 0 Å². The van der Waals surface area contributed by atoms with Crippen LogP contribution in [0.4, 0.5) is 0 Å². The third-order valence-corrected chi connectivity index (χ3v) is 0.702. The summed E-state index contributed by atoms with van der Waals surface area (Å²) in [5, 5.41) is 0.648. The molecule has 1 heterocycles. The highest BCUT2D eigenvalue weighted by atomic mass is 35.5. The third kappa shape index (κ3) is 0.546. The van der Waals surface area contributed by atoms with Crippen molar-refractivity contribution in [2.75, 3.05) is 0 Å². The fourth-order valence-electron chi connectivity index (χ4n) is 0.248. The van der Waals surface area contributed by atoms with Gasteiger partial charge in [-0.1, -0.05) is 11.6 Å². The second-order valence-electron chi connectivity index (χ2n) is 0.942. The quantitative estimate of drug-likeness (QED) is 0.488. The van der Waals surface area contributed by atoms with E-state index in [4.69, 9.17) is 11.6 Å². The maximum atomic E-state index is 5.36. The van der Waals surface area contributed by atoms with E-state index in [0.717, 1.165) is 0 Å². The Bertz CT molecular complexity index is 111. The van der Waals surface area contributed by atoms with Crippen LogP contribution in [0.25, 0.3) is 0 Å². The normalized spacial score (nSPS) is 8.83. The Morgan fingerprint density at radius 1 is 1.67 bits per heavy atom. The highest BCUT2D eigenvalue weighted by Gasteiger charge is 1.79. The van der Waals surface area contributed by atoms with Gasteiger partial charge in [-0.15, -0.1) is 0 Å². The van der Waals surface area contributed by atoms with Crippen LogP contribution in [0.2, 0.25) is 5.02 Å². The van der Waals surface area contributed by atoms with E-state index in [1.165, 1.54) is 12.5 Å². The maximum absolute atomic E-state index is 5.36. The fraction of sp³-hybridized carbons (Fsp3) is 0. The van der Waals surface area contributed by atoms with Crippen molar-refractivity contribution in [3.63, 3.8) is 0 Å². The zero-order valence-electron chi connectivity index (χ0n) is 3.02. The lowest BCUT2D eigenvalue weighted by atomic mass is 10.7. The van der Waals surface area contributed by atoms with Gasteiger partial charge in [0, 0.05) is 0 Å². The van der Waals surface area contributed by atoms with Gasteiger partial charge in [-0.25, -0.2) is 0 Å². The molecular formula is C4H3ClO. The molecule has 0 aliphatic carbocycles. The Hall–Kier alpha value is -0.430. The predicted molar refractivity (Wildman–Crippen MR) is 23.7 cm³/mol. The Balaban J connectivity index is 3.05. The SMILES string of the molecule is Clc1ccoc1. The minimum Gasteiger partial charge on any atom is -0.471 e. The lowest BCUT2D eigenvalue weighted by Gasteiger charge is -1.60. The zero-order valence-corrected chi connectivity index (χ0v) is 3.77. The van der Waals surface area contributed by atoms with Crippen LogP contribution in [0.1, 0.15) is 0 Å². The Morgan fingerprint density at radius 2 is 2.50 bits per heavy atom. The highest BCUT2D eigenvalue weighted by molar-refractivity contribution is 6.30. The Kier molecular flexibility index (Phi) is 0.843. The first-order chi connectivity index (χ1) is 2.89. The molecule has 0 amide bonds. The Morgan fingerprint density at radius 3 is 2.67 bits per heavy atom. The molecule has 6 heavy (non-hydrogen) atoms. The molecule has 0 aromatic carbocycles. The van der Waals surface area contributed by atoms with Crippen molar-refractivity contribution in [1.82, 2.24) is 0 Å². The number of hydrogen-bond donors (Lipinski definition) is 0. The standard InChI is InChI=1S/C4H3ClO/c5-4-1-2-6-3-4/h1-3H. The minimum absolute atomic E-state index is 0.648. The Labute approximate surface area is 40.5 Å². The summed E-state index contributed by atoms with van der Waals surface area (Å²) in [5.41, 5.74) is 0. The molecule has 0 N–H and O–H groups in total. The van der Waals surface area contributed by atoms with Gasteiger partial charge in [0.2, 0.25) is 0 Å². The molecule has 1 nitrogen and oxygen atoms in total. The van der Waals surface area contributed by atoms with Crippen LogP contribution in [0.5, 0.6) is 0 Å². The first-order valence-electron chi connectivity index (χ1n) is 1.57. The fourth-order valence-corrected chi connectivity index (χ4v) is 0.351. The number of rotatable bonds is 0. The van der Waals surface area contributed by atoms with Crippen LogP contribution < -0.4 is 0 Å². The molecule has 0 aliphatic rings. The van der Waals surface area contributed by atoms with Gasteiger partial charge in [0.05, 0.1) is 11.3 Å². The average molecular weight is 103 g/mol. The summed E-state index contributed by atoms with van der Waals surface area (Å²) in [6.07, 6.45) is 3.00. The number of hydrogen-bond acceptors (Lipinski definition) is 1. The second-order valence-corrected chi connectivity index (χ2v) is 1.38. The van der Waals surface area contributed by atoms with E-state index in [0.29, 0.717) is 5.02 Å². The van der Waals surface area contributed by atoms with E-state index in [1.54, 1.807) is 6.07 Å². The van der Waals surface area contributed by atoms with Crippen LogP contribution in [0.15, 0.2) is 23.0 Å². The topological polar surface area (TPSA) is 13.1 Å². The third-order valence-electron chi connectivity index (χ3n) is 0.486. The van der Waals surface area contributed by atoms with Crippen molar-refractivity contribution < 1.29 is 4.42 Å². The molecule has 1 rings (SSSR count). The summed E-state index contributed by atoms with van der Waals surface area (Å²) in [4.78, 5) is 0. The molecule has 32 valence electrons. The number of furan rings is 1. The van der Waals surface area contributed by atoms with Crippen molar-refractivity contribution >= 4 is 11.6 Å². The largest absolute Gasteiger partial charge is 0.471 e. The molecule has 1 aromatic rings. The second kappa shape index (κ2) is 1.35. The van der Waals surface area contributed by atoms with Gasteiger partial charge in [-0.05, 0) is 6.07 Å². The summed E-state index contributed by atoms with van der Waals surface area (Å²) < 4.78 is 4.58. The zero-order chi connectivity index (χ0) is 4.41. The van der Waals surface area contributed by atoms with Crippen molar-refractivity contribution in [3.8, 4) is 0 Å². The van der Waals surface area contributed by atoms with Gasteiger partial charge in [0.1, 0.15) is 6.26 Å². The van der Waals surface area contributed by atoms with Crippen LogP contribution in [-0.2, 0) is 0 Å². The predicted octanol–water partition coefficient (Wildman–Crippen LogP) is 1.93. The van der Waals surface area contributed by atoms with E-state index < -0.39 is 0 Å². The molecule has 0 fully saturated rings. The van der Waals surface area contributed by atoms with Crippen molar-refractivity contribution in [2.24, 2.45) is 0 Å². The molecule has 0 spiro atoms. The molecule has 2 heteroatoms. The summed E-state index contributed by atoms with van der Waals surface area (Å²) in [6, 6.07) is 1.68. The lowest BCUT2D eigenvalue weighted by Crippen LogP contribution is -1.34. The van der Waals surface area contributed by atoms with Gasteiger partial charge >= 0.3 is 0 Å². The first-order valence-corrected chi connectivity index (χ1v) is 1.95. The van der Waals surface area contributed by atoms with E-state index in [9.17, 15) is 0 Å². The number of halogens is 1. The van der Waals surface area contributed by atoms with Gasteiger partial charge in [0.25, 0.3) is 0 Å². The molecule has 1 aromatic heterocycles. The van der Waals surface area contributed by atoms with Crippen LogP contribution in [-0.4, -0.2) is 0 Å². The summed E-state index contributed by atoms with van der Waals surface area (Å²) in [7, 11) is 0. The molecule has 0 radical (unpaired) electrons. The monoisotopic (exact) mass is 102 g/mol. The maximum Gasteiger partial charge on any atom is 0.109 e. The first kappa shape index (κ1) is 3.75. The van der Waals surface area contributed by atoms with Gasteiger partial charge in [0.15, 0.2) is 0 Å². The van der Waals surface area contributed by atoms with Crippen LogP contribution in [0, 0.1) is 0 Å². The van der Waals surface area contributed by atoms with Gasteiger partial charge < -0.3 is 4.42 Å². The van der Waals surface area contributed by atoms with E-state index in [2.05, 4.69) is 4.42 Å². The molecule has 0 atom stereocenters. The molecule has 0 unspecified atom stereocenters. The minimum atomic E-state index is 0.648. The smallest absolute Gasteiger partial charge is 0.109 e. The molecule has 0 aliphatic heterocycles. The van der Waals surface area contributed by atoms with E-state index in [1.807, 2.05) is 0 Å². The van der Waals surface area contributed by atoms with Crippen LogP contribution in [0.3, 0.4) is 0 Å². The van der Waals surface area contributed by atoms with Crippen molar-refractivity contribution in [2.45, 2.75) is 0 Å². The summed E-state index contributed by atoms with van der Waals surface area (Å²) >= 11 is 5.36. The van der Waals surface area contributed by atoms with E-state index >= 15 is 0 Å². The van der Waals surface area contributed by atoms with E-state index in [-0.39, 0.29) is 0 Å². The van der Waals surface area contributed by atoms with Gasteiger partial charge in [-0.2, -0.15) is 0 Å². The molecule has 0 saturated heterocycles. The molecular weight excluding hydrogens is 99.5 g/mol. The molecule has 0 bridgehead atoms. The highest BCUT2D eigenvalue weighted by Crippen LogP contribution is 2.04. The average Bonchev–Trinajstić information content (AvgIpc) is 1.86. The van der Waals surface area contributed by atoms with Crippen LogP contribution >= 0.6 is 11.6 Å². The van der Waals surface area contributed by atoms with Crippen molar-refractivity contribution in [3.05, 3.63) is 23.6 Å². The summed E-state index contributed by atoms with van der Waals surface area (Å²) in [6.45, 7) is 0. The molecule has 0 saturated carbocycles.